The Morgan fingerprint density at radius 2 is 2.00 bits per heavy atom. The van der Waals surface area contributed by atoms with Crippen molar-refractivity contribution in [1.29, 1.82) is 5.41 Å². The summed E-state index contributed by atoms with van der Waals surface area (Å²) in [5.74, 6) is 3.62. The van der Waals surface area contributed by atoms with Gasteiger partial charge in [0.15, 0.2) is 10.7 Å². The summed E-state index contributed by atoms with van der Waals surface area (Å²) in [6.07, 6.45) is 3.65. The maximum absolute atomic E-state index is 14.8. The van der Waals surface area contributed by atoms with E-state index in [1.54, 1.807) is 0 Å². The molecule has 0 saturated heterocycles. The van der Waals surface area contributed by atoms with Crippen molar-refractivity contribution in [1.82, 2.24) is 9.97 Å². The van der Waals surface area contributed by atoms with E-state index in [9.17, 15) is 13.3 Å². The van der Waals surface area contributed by atoms with Crippen molar-refractivity contribution in [2.24, 2.45) is 0 Å². The SMILES string of the molecule is COc1ccc([S+]([O-])Nc2ccc(F)c(C#Cc3cnc(N)c(C=N)c3)c2F)cn1. The van der Waals surface area contributed by atoms with Gasteiger partial charge in [-0.05, 0) is 18.2 Å². The van der Waals surface area contributed by atoms with Gasteiger partial charge in [0.05, 0.1) is 18.9 Å². The molecule has 0 aliphatic heterocycles. The lowest BCUT2D eigenvalue weighted by Crippen LogP contribution is -2.15. The number of nitrogen functional groups attached to an aromatic ring is 1. The number of methoxy groups -OCH3 is 1. The van der Waals surface area contributed by atoms with E-state index >= 15 is 0 Å². The molecule has 10 heteroatoms. The fraction of sp³-hybridized carbons (Fsp3) is 0.0500. The number of halogens is 2. The number of hydrogen-bond acceptors (Lipinski definition) is 7. The molecule has 30 heavy (non-hydrogen) atoms. The van der Waals surface area contributed by atoms with E-state index in [0.717, 1.165) is 18.3 Å². The molecule has 152 valence electrons. The Kier molecular flexibility index (Phi) is 6.46. The van der Waals surface area contributed by atoms with Crippen LogP contribution in [-0.2, 0) is 11.4 Å². The first-order valence-electron chi connectivity index (χ1n) is 8.37. The van der Waals surface area contributed by atoms with Gasteiger partial charge in [0, 0.05) is 35.7 Å². The van der Waals surface area contributed by atoms with Gasteiger partial charge < -0.3 is 20.4 Å². The van der Waals surface area contributed by atoms with E-state index in [4.69, 9.17) is 15.9 Å². The Hall–Kier alpha value is -3.68. The molecule has 4 N–H and O–H groups in total. The minimum Gasteiger partial charge on any atom is -0.588 e. The molecule has 0 aliphatic carbocycles. The zero-order valence-corrected chi connectivity index (χ0v) is 16.4. The maximum Gasteiger partial charge on any atom is 0.213 e. The van der Waals surface area contributed by atoms with Crippen LogP contribution in [-0.4, -0.2) is 27.8 Å². The third-order valence-electron chi connectivity index (χ3n) is 3.86. The third kappa shape index (κ3) is 4.65. The Bertz CT molecular complexity index is 1150. The van der Waals surface area contributed by atoms with Crippen molar-refractivity contribution in [3.8, 4) is 17.7 Å². The average Bonchev–Trinajstić information content (AvgIpc) is 2.76. The second kappa shape index (κ2) is 9.21. The van der Waals surface area contributed by atoms with E-state index in [-0.39, 0.29) is 16.4 Å². The standard InChI is InChI=1S/C20H15F2N5O2S/c1-29-18-7-3-14(11-25-18)30(28)27-17-6-5-16(21)15(19(17)22)4-2-12-8-13(9-23)20(24)26-10-12/h3,5-11,23,27H,1H3,(H2,24,26). The van der Waals surface area contributed by atoms with Crippen LogP contribution in [0.4, 0.5) is 20.3 Å². The Balaban J connectivity index is 1.88. The van der Waals surface area contributed by atoms with Crippen molar-refractivity contribution in [2.75, 3.05) is 17.6 Å². The minimum absolute atomic E-state index is 0.148. The molecule has 0 bridgehead atoms. The molecule has 1 unspecified atom stereocenters. The number of pyridine rings is 2. The predicted molar refractivity (Wildman–Crippen MR) is 110 cm³/mol. The molecule has 0 spiro atoms. The van der Waals surface area contributed by atoms with Crippen LogP contribution >= 0.6 is 0 Å². The lowest BCUT2D eigenvalue weighted by atomic mass is 10.1. The molecule has 0 amide bonds. The first-order chi connectivity index (χ1) is 14.4. The molecule has 3 aromatic rings. The molecule has 0 fully saturated rings. The Morgan fingerprint density at radius 3 is 2.67 bits per heavy atom. The number of anilines is 2. The number of nitrogens with one attached hydrogen (secondary N) is 2. The molecule has 2 heterocycles. The fourth-order valence-corrected chi connectivity index (χ4v) is 3.13. The molecule has 0 saturated carbocycles. The molecular weight excluding hydrogens is 412 g/mol. The Labute approximate surface area is 174 Å². The smallest absolute Gasteiger partial charge is 0.213 e. The Morgan fingerprint density at radius 1 is 1.20 bits per heavy atom. The van der Waals surface area contributed by atoms with Gasteiger partial charge in [0.2, 0.25) is 5.88 Å². The molecule has 2 aromatic heterocycles. The molecule has 1 atom stereocenters. The van der Waals surface area contributed by atoms with E-state index in [1.807, 2.05) is 0 Å². The van der Waals surface area contributed by atoms with Gasteiger partial charge in [0.1, 0.15) is 28.7 Å². The van der Waals surface area contributed by atoms with E-state index < -0.39 is 28.6 Å². The molecule has 7 nitrogen and oxygen atoms in total. The maximum atomic E-state index is 14.8. The van der Waals surface area contributed by atoms with Crippen molar-refractivity contribution < 1.29 is 18.1 Å². The lowest BCUT2D eigenvalue weighted by Gasteiger charge is -2.12. The van der Waals surface area contributed by atoms with Gasteiger partial charge in [0.25, 0.3) is 0 Å². The van der Waals surface area contributed by atoms with E-state index in [0.29, 0.717) is 17.0 Å². The van der Waals surface area contributed by atoms with Gasteiger partial charge in [-0.3, -0.25) is 0 Å². The second-order valence-electron chi connectivity index (χ2n) is 5.78. The van der Waals surface area contributed by atoms with Crippen molar-refractivity contribution in [3.05, 3.63) is 71.1 Å². The minimum atomic E-state index is -1.84. The summed E-state index contributed by atoms with van der Waals surface area (Å²) in [6.45, 7) is 0. The summed E-state index contributed by atoms with van der Waals surface area (Å²) in [5.41, 5.74) is 5.58. The number of ether oxygens (including phenoxy) is 1. The normalized spacial score (nSPS) is 11.2. The van der Waals surface area contributed by atoms with E-state index in [1.165, 1.54) is 37.7 Å². The largest absolute Gasteiger partial charge is 0.588 e. The predicted octanol–water partition coefficient (Wildman–Crippen LogP) is 2.88. The molecule has 0 radical (unpaired) electrons. The van der Waals surface area contributed by atoms with Crippen LogP contribution in [0.15, 0.2) is 47.6 Å². The third-order valence-corrected chi connectivity index (χ3v) is 4.94. The van der Waals surface area contributed by atoms with E-state index in [2.05, 4.69) is 26.5 Å². The molecule has 1 aromatic carbocycles. The van der Waals surface area contributed by atoms with Crippen molar-refractivity contribution in [2.45, 2.75) is 4.90 Å². The summed E-state index contributed by atoms with van der Waals surface area (Å²) >= 11 is -1.84. The fourth-order valence-electron chi connectivity index (χ4n) is 2.31. The number of nitrogens with two attached hydrogens (primary N) is 1. The molecule has 0 aliphatic rings. The zero-order chi connectivity index (χ0) is 21.7. The van der Waals surface area contributed by atoms with Gasteiger partial charge >= 0.3 is 0 Å². The highest BCUT2D eigenvalue weighted by atomic mass is 32.2. The van der Waals surface area contributed by atoms with Gasteiger partial charge in [-0.15, -0.1) is 0 Å². The van der Waals surface area contributed by atoms with Crippen LogP contribution in [0.5, 0.6) is 5.88 Å². The first-order valence-corrected chi connectivity index (χ1v) is 9.52. The van der Waals surface area contributed by atoms with Gasteiger partial charge in [-0.2, -0.15) is 0 Å². The highest BCUT2D eigenvalue weighted by Crippen LogP contribution is 2.24. The van der Waals surface area contributed by atoms with Crippen LogP contribution in [0.1, 0.15) is 16.7 Å². The van der Waals surface area contributed by atoms with Crippen LogP contribution in [0, 0.1) is 28.9 Å². The first kappa shape index (κ1) is 21.0. The number of hydrogen-bond donors (Lipinski definition) is 3. The summed E-state index contributed by atoms with van der Waals surface area (Å²) in [7, 11) is 1.44. The summed E-state index contributed by atoms with van der Waals surface area (Å²) < 4.78 is 48.8. The summed E-state index contributed by atoms with van der Waals surface area (Å²) in [6, 6.07) is 6.64. The monoisotopic (exact) mass is 427 g/mol. The zero-order valence-electron chi connectivity index (χ0n) is 15.6. The van der Waals surface area contributed by atoms with Crippen molar-refractivity contribution >= 4 is 29.1 Å². The number of nitrogens with zero attached hydrogens (tertiary/aromatic N) is 2. The number of aromatic nitrogens is 2. The quantitative estimate of drug-likeness (QED) is 0.327. The number of benzene rings is 1. The molecular formula is C20H15F2N5O2S. The van der Waals surface area contributed by atoms with Crippen molar-refractivity contribution in [3.63, 3.8) is 0 Å². The second-order valence-corrected chi connectivity index (χ2v) is 7.00. The van der Waals surface area contributed by atoms with Crippen LogP contribution in [0.2, 0.25) is 0 Å². The highest BCUT2D eigenvalue weighted by Gasteiger charge is 2.18. The average molecular weight is 427 g/mol. The molecule has 3 rings (SSSR count). The van der Waals surface area contributed by atoms with Crippen LogP contribution in [0.25, 0.3) is 0 Å². The van der Waals surface area contributed by atoms with Crippen LogP contribution < -0.4 is 15.2 Å². The van der Waals surface area contributed by atoms with Gasteiger partial charge in [-0.25, -0.2) is 23.5 Å². The topological polar surface area (TPSA) is 120 Å². The van der Waals surface area contributed by atoms with Crippen LogP contribution in [0.3, 0.4) is 0 Å². The summed E-state index contributed by atoms with van der Waals surface area (Å²) in [4.78, 5) is 8.09. The summed E-state index contributed by atoms with van der Waals surface area (Å²) in [5, 5.41) is 7.27. The van der Waals surface area contributed by atoms with Gasteiger partial charge in [-0.1, -0.05) is 11.8 Å². The highest BCUT2D eigenvalue weighted by molar-refractivity contribution is 7.92. The lowest BCUT2D eigenvalue weighted by molar-refractivity contribution is 0.397. The number of rotatable bonds is 5.